The lowest BCUT2D eigenvalue weighted by atomic mass is 10.2. The van der Waals surface area contributed by atoms with E-state index in [4.69, 9.17) is 0 Å². The van der Waals surface area contributed by atoms with E-state index < -0.39 is 0 Å². The Morgan fingerprint density at radius 2 is 2.00 bits per heavy atom. The van der Waals surface area contributed by atoms with E-state index in [1.807, 2.05) is 31.2 Å². The van der Waals surface area contributed by atoms with Gasteiger partial charge in [0.2, 0.25) is 0 Å². The van der Waals surface area contributed by atoms with Crippen molar-refractivity contribution >= 4 is 0 Å². The standard InChI is InChI=1S/C15H25N/c1-6-9-10-13-16(14(4)11-7-2)15(5)12-8-3/h7-8,11-12H,2,5-6,9-10,13H2,1,3-4H3/b12-8-,14-11+. The third-order valence-corrected chi connectivity index (χ3v) is 2.48. The summed E-state index contributed by atoms with van der Waals surface area (Å²) in [5, 5.41) is 0. The van der Waals surface area contributed by atoms with Crippen LogP contribution in [-0.2, 0) is 0 Å². The lowest BCUT2D eigenvalue weighted by Gasteiger charge is -2.25. The molecule has 1 heteroatoms. The predicted octanol–water partition coefficient (Wildman–Crippen LogP) is 4.66. The van der Waals surface area contributed by atoms with E-state index >= 15 is 0 Å². The zero-order valence-corrected chi connectivity index (χ0v) is 11.0. The van der Waals surface area contributed by atoms with Gasteiger partial charge in [-0.15, -0.1) is 0 Å². The molecule has 0 aliphatic heterocycles. The van der Waals surface area contributed by atoms with Crippen molar-refractivity contribution in [3.05, 3.63) is 48.9 Å². The topological polar surface area (TPSA) is 3.24 Å². The predicted molar refractivity (Wildman–Crippen MR) is 74.1 cm³/mol. The quantitative estimate of drug-likeness (QED) is 0.424. The van der Waals surface area contributed by atoms with Crippen molar-refractivity contribution in [1.82, 2.24) is 4.90 Å². The minimum Gasteiger partial charge on any atom is -0.346 e. The van der Waals surface area contributed by atoms with E-state index in [9.17, 15) is 0 Å². The minimum absolute atomic E-state index is 1.03. The Kier molecular flexibility index (Phi) is 8.32. The van der Waals surface area contributed by atoms with Crippen LogP contribution in [0.3, 0.4) is 0 Å². The summed E-state index contributed by atoms with van der Waals surface area (Å²) < 4.78 is 0. The van der Waals surface area contributed by atoms with Crippen molar-refractivity contribution in [2.24, 2.45) is 0 Å². The molecule has 0 N–H and O–H groups in total. The summed E-state index contributed by atoms with van der Waals surface area (Å²) in [6, 6.07) is 0. The molecular formula is C15H25N. The van der Waals surface area contributed by atoms with Crippen LogP contribution in [0.4, 0.5) is 0 Å². The molecule has 0 saturated carbocycles. The summed E-state index contributed by atoms with van der Waals surface area (Å²) in [6.45, 7) is 15.2. The number of nitrogens with zero attached hydrogens (tertiary/aromatic N) is 1. The zero-order chi connectivity index (χ0) is 12.4. The molecule has 0 unspecified atom stereocenters. The molecule has 0 aromatic heterocycles. The van der Waals surface area contributed by atoms with E-state index in [2.05, 4.69) is 31.9 Å². The Labute approximate surface area is 101 Å². The number of hydrogen-bond donors (Lipinski definition) is 0. The minimum atomic E-state index is 1.03. The molecule has 1 nitrogen and oxygen atoms in total. The lowest BCUT2D eigenvalue weighted by molar-refractivity contribution is 0.422. The molecule has 0 heterocycles. The first-order valence-corrected chi connectivity index (χ1v) is 6.05. The van der Waals surface area contributed by atoms with Crippen LogP contribution in [-0.4, -0.2) is 11.4 Å². The SMILES string of the molecule is C=C/C=C(\C)N(CCCCC)C(=C)/C=C\C. The van der Waals surface area contributed by atoms with Gasteiger partial charge in [-0.05, 0) is 32.4 Å². The summed E-state index contributed by atoms with van der Waals surface area (Å²) >= 11 is 0. The molecule has 16 heavy (non-hydrogen) atoms. The molecule has 0 saturated heterocycles. The maximum Gasteiger partial charge on any atom is 0.0331 e. The van der Waals surface area contributed by atoms with Crippen LogP contribution in [0.1, 0.15) is 40.0 Å². The lowest BCUT2D eigenvalue weighted by Crippen LogP contribution is -2.20. The van der Waals surface area contributed by atoms with Crippen molar-refractivity contribution in [1.29, 1.82) is 0 Å². The second-order valence-electron chi connectivity index (χ2n) is 3.89. The van der Waals surface area contributed by atoms with Gasteiger partial charge in [0.05, 0.1) is 0 Å². The number of rotatable bonds is 8. The van der Waals surface area contributed by atoms with Gasteiger partial charge in [-0.2, -0.15) is 0 Å². The highest BCUT2D eigenvalue weighted by Gasteiger charge is 2.06. The Hall–Kier alpha value is -1.24. The molecule has 0 radical (unpaired) electrons. The van der Waals surface area contributed by atoms with Gasteiger partial charge in [0.15, 0.2) is 0 Å². The smallest absolute Gasteiger partial charge is 0.0331 e. The third-order valence-electron chi connectivity index (χ3n) is 2.48. The second-order valence-corrected chi connectivity index (χ2v) is 3.89. The molecule has 0 aromatic rings. The Morgan fingerprint density at radius 1 is 1.31 bits per heavy atom. The van der Waals surface area contributed by atoms with E-state index in [1.54, 1.807) is 0 Å². The Balaban J connectivity index is 4.55. The average molecular weight is 219 g/mol. The number of hydrogen-bond acceptors (Lipinski definition) is 1. The van der Waals surface area contributed by atoms with Gasteiger partial charge in [-0.3, -0.25) is 0 Å². The highest BCUT2D eigenvalue weighted by molar-refractivity contribution is 5.21. The molecule has 0 atom stereocenters. The van der Waals surface area contributed by atoms with E-state index in [1.165, 1.54) is 25.0 Å². The Bertz CT molecular complexity index is 271. The molecule has 0 bridgehead atoms. The van der Waals surface area contributed by atoms with Gasteiger partial charge in [0.1, 0.15) is 0 Å². The second kappa shape index (κ2) is 9.02. The molecular weight excluding hydrogens is 194 g/mol. The van der Waals surface area contributed by atoms with E-state index in [0.717, 1.165) is 12.2 Å². The van der Waals surface area contributed by atoms with Gasteiger partial charge >= 0.3 is 0 Å². The van der Waals surface area contributed by atoms with Crippen LogP contribution in [0.5, 0.6) is 0 Å². The molecule has 0 spiro atoms. The Morgan fingerprint density at radius 3 is 2.50 bits per heavy atom. The summed E-state index contributed by atoms with van der Waals surface area (Å²) in [5.74, 6) is 0. The highest BCUT2D eigenvalue weighted by atomic mass is 15.1. The van der Waals surface area contributed by atoms with Crippen LogP contribution in [0.2, 0.25) is 0 Å². The largest absolute Gasteiger partial charge is 0.346 e. The van der Waals surface area contributed by atoms with Gasteiger partial charge in [-0.25, -0.2) is 0 Å². The van der Waals surface area contributed by atoms with Crippen LogP contribution in [0.25, 0.3) is 0 Å². The monoisotopic (exact) mass is 219 g/mol. The first-order valence-electron chi connectivity index (χ1n) is 6.05. The van der Waals surface area contributed by atoms with Crippen molar-refractivity contribution in [2.45, 2.75) is 40.0 Å². The van der Waals surface area contributed by atoms with Crippen molar-refractivity contribution in [2.75, 3.05) is 6.54 Å². The summed E-state index contributed by atoms with van der Waals surface area (Å²) in [4.78, 5) is 2.25. The fraction of sp³-hybridized carbons (Fsp3) is 0.467. The zero-order valence-electron chi connectivity index (χ0n) is 11.0. The summed E-state index contributed by atoms with van der Waals surface area (Å²) in [6.07, 6.45) is 11.6. The van der Waals surface area contributed by atoms with E-state index in [-0.39, 0.29) is 0 Å². The van der Waals surface area contributed by atoms with Gasteiger partial charge in [0, 0.05) is 17.9 Å². The third kappa shape index (κ3) is 5.59. The first-order chi connectivity index (χ1) is 7.67. The molecule has 0 fully saturated rings. The van der Waals surface area contributed by atoms with Crippen LogP contribution < -0.4 is 0 Å². The van der Waals surface area contributed by atoms with Gasteiger partial charge in [-0.1, -0.05) is 45.1 Å². The number of unbranched alkanes of at least 4 members (excludes halogenated alkanes) is 2. The van der Waals surface area contributed by atoms with Crippen molar-refractivity contribution < 1.29 is 0 Å². The average Bonchev–Trinajstić information content (AvgIpc) is 2.25. The molecule has 90 valence electrons. The van der Waals surface area contributed by atoms with Crippen LogP contribution in [0.15, 0.2) is 48.9 Å². The summed E-state index contributed by atoms with van der Waals surface area (Å²) in [5.41, 5.74) is 2.25. The van der Waals surface area contributed by atoms with Crippen LogP contribution >= 0.6 is 0 Å². The van der Waals surface area contributed by atoms with Gasteiger partial charge < -0.3 is 4.90 Å². The maximum absolute atomic E-state index is 4.09. The maximum atomic E-state index is 4.09. The summed E-state index contributed by atoms with van der Waals surface area (Å²) in [7, 11) is 0. The van der Waals surface area contributed by atoms with Gasteiger partial charge in [0.25, 0.3) is 0 Å². The molecule has 0 aliphatic rings. The molecule has 0 aliphatic carbocycles. The van der Waals surface area contributed by atoms with E-state index in [0.29, 0.717) is 0 Å². The molecule has 0 rings (SSSR count). The fourth-order valence-corrected chi connectivity index (χ4v) is 1.61. The van der Waals surface area contributed by atoms with Crippen LogP contribution in [0, 0.1) is 0 Å². The van der Waals surface area contributed by atoms with Crippen molar-refractivity contribution in [3.8, 4) is 0 Å². The molecule has 0 aromatic carbocycles. The normalized spacial score (nSPS) is 11.8. The number of allylic oxidation sites excluding steroid dienone is 5. The highest BCUT2D eigenvalue weighted by Crippen LogP contribution is 2.14. The fourth-order valence-electron chi connectivity index (χ4n) is 1.61. The van der Waals surface area contributed by atoms with Crippen molar-refractivity contribution in [3.63, 3.8) is 0 Å². The molecule has 0 amide bonds. The first kappa shape index (κ1) is 14.8.